The van der Waals surface area contributed by atoms with Crippen LogP contribution in [0, 0.1) is 6.92 Å². The largest absolute Gasteiger partial charge is 0.457 e. The molecule has 33 heavy (non-hydrogen) atoms. The smallest absolute Gasteiger partial charge is 0.284 e. The summed E-state index contributed by atoms with van der Waals surface area (Å²) < 4.78 is 6.09. The topological polar surface area (TPSA) is 84.1 Å². The molecule has 0 spiro atoms. The lowest BCUT2D eigenvalue weighted by atomic mass is 10.1. The molecule has 2 heterocycles. The van der Waals surface area contributed by atoms with E-state index in [0.29, 0.717) is 27.8 Å². The summed E-state index contributed by atoms with van der Waals surface area (Å²) in [6.45, 7) is 1.90. The van der Waals surface area contributed by atoms with E-state index >= 15 is 0 Å². The Hall–Kier alpha value is -3.62. The van der Waals surface area contributed by atoms with Gasteiger partial charge < -0.3 is 15.0 Å². The number of aromatic amines is 1. The molecule has 0 radical (unpaired) electrons. The predicted molar refractivity (Wildman–Crippen MR) is 140 cm³/mol. The van der Waals surface area contributed by atoms with E-state index in [2.05, 4.69) is 27.0 Å². The molecule has 2 aromatic heterocycles. The Bertz CT molecular complexity index is 1480. The zero-order chi connectivity index (χ0) is 23.6. The maximum Gasteiger partial charge on any atom is 0.284 e. The van der Waals surface area contributed by atoms with E-state index < -0.39 is 9.21 Å². The number of rotatable bonds is 6. The summed E-state index contributed by atoms with van der Waals surface area (Å²) in [7, 11) is -1.32. The third-order valence-corrected chi connectivity index (χ3v) is 7.04. The lowest BCUT2D eigenvalue weighted by Gasteiger charge is -2.13. The average molecular weight is 478 g/mol. The van der Waals surface area contributed by atoms with Crippen LogP contribution in [0.3, 0.4) is 0 Å². The minimum Gasteiger partial charge on any atom is -0.457 e. The van der Waals surface area contributed by atoms with E-state index in [9.17, 15) is 9.59 Å². The van der Waals surface area contributed by atoms with Crippen molar-refractivity contribution in [1.29, 1.82) is 0 Å². The van der Waals surface area contributed by atoms with Crippen LogP contribution in [0.2, 0.25) is 0 Å². The number of aromatic nitrogens is 2. The number of aryl methyl sites for hydroxylation is 1. The minimum absolute atomic E-state index is 0.217. The van der Waals surface area contributed by atoms with Crippen molar-refractivity contribution in [3.63, 3.8) is 0 Å². The maximum absolute atomic E-state index is 12.7. The average Bonchev–Trinajstić information content (AvgIpc) is 3.20. The van der Waals surface area contributed by atoms with E-state index in [1.54, 1.807) is 30.6 Å². The quantitative estimate of drug-likeness (QED) is 0.359. The van der Waals surface area contributed by atoms with Crippen LogP contribution in [0.15, 0.2) is 76.7 Å². The van der Waals surface area contributed by atoms with E-state index in [1.807, 2.05) is 43.5 Å². The fourth-order valence-corrected chi connectivity index (χ4v) is 4.59. The Labute approximate surface area is 196 Å². The highest BCUT2D eigenvalue weighted by atomic mass is 32.2. The van der Waals surface area contributed by atoms with Gasteiger partial charge in [-0.2, -0.15) is 9.21 Å². The molecule has 0 aliphatic rings. The number of pyridine rings is 1. The van der Waals surface area contributed by atoms with Crippen molar-refractivity contribution in [3.8, 4) is 22.6 Å². The first kappa shape index (κ1) is 22.6. The number of amides is 1. The lowest BCUT2D eigenvalue weighted by molar-refractivity contribution is 0.102. The second-order valence-corrected chi connectivity index (χ2v) is 12.0. The first-order valence-electron chi connectivity index (χ1n) is 9.98. The summed E-state index contributed by atoms with van der Waals surface area (Å²) >= 11 is 1.32. The van der Waals surface area contributed by atoms with Crippen molar-refractivity contribution in [2.75, 3.05) is 11.6 Å². The van der Waals surface area contributed by atoms with Crippen LogP contribution in [0.5, 0.6) is 11.5 Å². The highest BCUT2D eigenvalue weighted by molar-refractivity contribution is 8.27. The molecule has 0 fully saturated rings. The number of hydrogen-bond donors (Lipinski definition) is 2. The van der Waals surface area contributed by atoms with Gasteiger partial charge in [-0.15, -0.1) is 11.3 Å². The van der Waals surface area contributed by atoms with Crippen LogP contribution in [-0.2, 0) is 0 Å². The predicted octanol–water partition coefficient (Wildman–Crippen LogP) is 5.51. The first-order valence-corrected chi connectivity index (χ1v) is 13.2. The van der Waals surface area contributed by atoms with Crippen LogP contribution in [0.25, 0.3) is 11.1 Å². The molecule has 0 aliphatic carbocycles. The fourth-order valence-electron chi connectivity index (χ4n) is 3.14. The van der Waals surface area contributed by atoms with Crippen LogP contribution in [-0.4, -0.2) is 33.9 Å². The number of nitrogens with zero attached hydrogens (tertiary/aromatic N) is 1. The van der Waals surface area contributed by atoms with Gasteiger partial charge in [0.25, 0.3) is 5.91 Å². The normalized spacial score (nSPS) is 11.2. The number of thiazole rings is 1. The van der Waals surface area contributed by atoms with Gasteiger partial charge in [-0.05, 0) is 71.7 Å². The van der Waals surface area contributed by atoms with Gasteiger partial charge in [0, 0.05) is 35.1 Å². The Morgan fingerprint density at radius 3 is 2.45 bits per heavy atom. The SMILES string of the molecule is C=S(=C)(C)c1ccc(Oc2cc(NC(=O)c3ncc(C)s3)cc(-c3cc[nH]c(=O)c3)c2)cc1. The van der Waals surface area contributed by atoms with Gasteiger partial charge in [-0.25, -0.2) is 4.98 Å². The molecule has 4 rings (SSSR count). The molecule has 6 nitrogen and oxygen atoms in total. The van der Waals surface area contributed by atoms with E-state index in [1.165, 1.54) is 17.4 Å². The molecule has 0 saturated carbocycles. The maximum atomic E-state index is 12.7. The van der Waals surface area contributed by atoms with Crippen molar-refractivity contribution in [2.45, 2.75) is 11.8 Å². The van der Waals surface area contributed by atoms with Crippen molar-refractivity contribution >= 4 is 43.9 Å². The monoisotopic (exact) mass is 477 g/mol. The van der Waals surface area contributed by atoms with Crippen LogP contribution < -0.4 is 15.6 Å². The highest BCUT2D eigenvalue weighted by Gasteiger charge is 2.13. The first-order chi connectivity index (χ1) is 15.7. The van der Waals surface area contributed by atoms with Crippen molar-refractivity contribution in [2.24, 2.45) is 0 Å². The minimum atomic E-state index is -1.32. The van der Waals surface area contributed by atoms with Gasteiger partial charge in [0.05, 0.1) is 0 Å². The number of benzene rings is 2. The Balaban J connectivity index is 1.69. The molecule has 0 unspecified atom stereocenters. The molecular weight excluding hydrogens is 454 g/mol. The third-order valence-electron chi connectivity index (χ3n) is 4.72. The van der Waals surface area contributed by atoms with Gasteiger partial charge in [0.1, 0.15) is 11.5 Å². The van der Waals surface area contributed by atoms with Gasteiger partial charge >= 0.3 is 0 Å². The number of anilines is 1. The Morgan fingerprint density at radius 1 is 1.06 bits per heavy atom. The number of nitrogens with one attached hydrogen (secondary N) is 2. The number of hydrogen-bond acceptors (Lipinski definition) is 5. The zero-order valence-corrected chi connectivity index (χ0v) is 19.9. The summed E-state index contributed by atoms with van der Waals surface area (Å²) in [5, 5.41) is 3.26. The Morgan fingerprint density at radius 2 is 1.82 bits per heavy atom. The summed E-state index contributed by atoms with van der Waals surface area (Å²) in [5.41, 5.74) is 1.75. The van der Waals surface area contributed by atoms with Gasteiger partial charge in [0.2, 0.25) is 5.56 Å². The highest BCUT2D eigenvalue weighted by Crippen LogP contribution is 2.33. The number of H-pyrrole nitrogens is 1. The van der Waals surface area contributed by atoms with Gasteiger partial charge in [0.15, 0.2) is 5.01 Å². The second kappa shape index (κ2) is 9.09. The summed E-state index contributed by atoms with van der Waals surface area (Å²) in [6, 6.07) is 16.3. The molecule has 0 bridgehead atoms. The molecule has 2 N–H and O–H groups in total. The molecule has 2 aromatic carbocycles. The Kier molecular flexibility index (Phi) is 6.22. The van der Waals surface area contributed by atoms with Crippen LogP contribution in [0.1, 0.15) is 14.7 Å². The van der Waals surface area contributed by atoms with Gasteiger partial charge in [-0.1, -0.05) is 11.7 Å². The second-order valence-electron chi connectivity index (χ2n) is 7.77. The molecular formula is C25H23N3O3S2. The standard InChI is InChI=1S/C25H23N3O3S2/c1-16-15-27-25(32-16)24(30)28-19-11-18(17-9-10-26-23(29)13-17)12-21(14-19)31-20-5-7-22(8-6-20)33(2,3)4/h5-15H,2-3H2,1,4H3,(H,26,29)(H,28,30). The van der Waals surface area contributed by atoms with Gasteiger partial charge in [-0.3, -0.25) is 9.59 Å². The van der Waals surface area contributed by atoms with Crippen LogP contribution >= 0.6 is 20.5 Å². The van der Waals surface area contributed by atoms with Crippen molar-refractivity contribution in [3.05, 3.63) is 87.2 Å². The summed E-state index contributed by atoms with van der Waals surface area (Å²) in [5.74, 6) is 9.11. The number of carbonyl (C=O) groups is 1. The summed E-state index contributed by atoms with van der Waals surface area (Å²) in [4.78, 5) is 33.3. The molecule has 0 saturated heterocycles. The fraction of sp³-hybridized carbons (Fsp3) is 0.0800. The van der Waals surface area contributed by atoms with Crippen molar-refractivity contribution < 1.29 is 9.53 Å². The summed E-state index contributed by atoms with van der Waals surface area (Å²) in [6.07, 6.45) is 5.26. The molecule has 4 aromatic rings. The number of carbonyl (C=O) groups excluding carboxylic acids is 1. The lowest BCUT2D eigenvalue weighted by Crippen LogP contribution is -2.11. The molecule has 1 amide bonds. The van der Waals surface area contributed by atoms with E-state index in [-0.39, 0.29) is 11.5 Å². The molecule has 0 atom stereocenters. The van der Waals surface area contributed by atoms with Crippen molar-refractivity contribution in [1.82, 2.24) is 9.97 Å². The molecule has 0 aliphatic heterocycles. The zero-order valence-electron chi connectivity index (χ0n) is 18.3. The van der Waals surface area contributed by atoms with E-state index in [0.717, 1.165) is 15.3 Å². The van der Waals surface area contributed by atoms with E-state index in [4.69, 9.17) is 4.74 Å². The number of ether oxygens (including phenoxy) is 1. The molecule has 8 heteroatoms. The third kappa shape index (κ3) is 5.60. The molecule has 168 valence electrons. The van der Waals surface area contributed by atoms with Crippen LogP contribution in [0.4, 0.5) is 5.69 Å².